The predicted octanol–water partition coefficient (Wildman–Crippen LogP) is 3.58. The number of esters is 1. The first-order valence-corrected chi connectivity index (χ1v) is 8.21. The number of methoxy groups -OCH3 is 1. The lowest BCUT2D eigenvalue weighted by molar-refractivity contribution is -0.141. The van der Waals surface area contributed by atoms with E-state index in [1.807, 2.05) is 0 Å². The number of hydrogen-bond acceptors (Lipinski definition) is 5. The molecule has 0 radical (unpaired) electrons. The molecule has 6 nitrogen and oxygen atoms in total. The number of fused-ring (bicyclic) bond motifs is 1. The lowest BCUT2D eigenvalue weighted by atomic mass is 10.0. The molecule has 0 bridgehead atoms. The molecule has 0 saturated carbocycles. The highest BCUT2D eigenvalue weighted by Gasteiger charge is 2.38. The van der Waals surface area contributed by atoms with Gasteiger partial charge in [0.15, 0.2) is 6.10 Å². The van der Waals surface area contributed by atoms with E-state index in [1.54, 1.807) is 24.3 Å². The quantitative estimate of drug-likeness (QED) is 0.633. The average molecular weight is 395 g/mol. The SMILES string of the molecule is COc1ccc(CC2Oc3cc(C(F)(F)F)c(OC(C)=O)cc3NC2=O)cc1. The number of rotatable bonds is 4. The predicted molar refractivity (Wildman–Crippen MR) is 92.5 cm³/mol. The molecule has 0 fully saturated rings. The summed E-state index contributed by atoms with van der Waals surface area (Å²) in [5.74, 6) is -1.64. The Morgan fingerprint density at radius 1 is 1.21 bits per heavy atom. The maximum atomic E-state index is 13.3. The molecule has 2 aromatic carbocycles. The highest BCUT2D eigenvalue weighted by atomic mass is 19.4. The van der Waals surface area contributed by atoms with Crippen LogP contribution in [0.2, 0.25) is 0 Å². The molecular weight excluding hydrogens is 379 g/mol. The number of halogens is 3. The van der Waals surface area contributed by atoms with Crippen molar-refractivity contribution in [1.29, 1.82) is 0 Å². The molecule has 1 aliphatic rings. The summed E-state index contributed by atoms with van der Waals surface area (Å²) in [6.45, 7) is 0.986. The van der Waals surface area contributed by atoms with Crippen LogP contribution in [0.5, 0.6) is 17.2 Å². The maximum absolute atomic E-state index is 13.3. The summed E-state index contributed by atoms with van der Waals surface area (Å²) in [6, 6.07) is 8.52. The van der Waals surface area contributed by atoms with Crippen molar-refractivity contribution in [3.05, 3.63) is 47.5 Å². The Balaban J connectivity index is 1.89. The standard InChI is InChI=1S/C19H16F3NO5/c1-10(24)27-15-9-14-16(8-13(15)19(20,21)22)28-17(18(25)23-14)7-11-3-5-12(26-2)6-4-11/h3-6,8-9,17H,7H2,1-2H3,(H,23,25). The third-order valence-electron chi connectivity index (χ3n) is 4.04. The molecule has 1 unspecified atom stereocenters. The summed E-state index contributed by atoms with van der Waals surface area (Å²) < 4.78 is 55.2. The van der Waals surface area contributed by atoms with Crippen molar-refractivity contribution < 1.29 is 37.0 Å². The Hall–Kier alpha value is -3.23. The molecule has 28 heavy (non-hydrogen) atoms. The zero-order valence-corrected chi connectivity index (χ0v) is 14.9. The fraction of sp³-hybridized carbons (Fsp3) is 0.263. The van der Waals surface area contributed by atoms with Crippen molar-refractivity contribution in [2.75, 3.05) is 12.4 Å². The summed E-state index contributed by atoms with van der Waals surface area (Å²) in [5, 5.41) is 2.50. The van der Waals surface area contributed by atoms with Gasteiger partial charge in [-0.2, -0.15) is 13.2 Å². The van der Waals surface area contributed by atoms with Gasteiger partial charge in [0.1, 0.15) is 22.8 Å². The summed E-state index contributed by atoms with van der Waals surface area (Å²) in [5.41, 5.74) is -0.419. The van der Waals surface area contributed by atoms with Crippen molar-refractivity contribution in [2.45, 2.75) is 25.6 Å². The van der Waals surface area contributed by atoms with Crippen LogP contribution in [0, 0.1) is 0 Å². The molecule has 0 saturated heterocycles. The van der Waals surface area contributed by atoms with Gasteiger partial charge in [-0.15, -0.1) is 0 Å². The van der Waals surface area contributed by atoms with Crippen LogP contribution in [0.1, 0.15) is 18.1 Å². The minimum absolute atomic E-state index is 0.000214. The van der Waals surface area contributed by atoms with Crippen molar-refractivity contribution in [2.24, 2.45) is 0 Å². The Labute approximate surface area is 158 Å². The molecule has 1 N–H and O–H groups in total. The van der Waals surface area contributed by atoms with Gasteiger partial charge in [0, 0.05) is 19.4 Å². The van der Waals surface area contributed by atoms with Gasteiger partial charge in [0.05, 0.1) is 12.8 Å². The third kappa shape index (κ3) is 4.19. The summed E-state index contributed by atoms with van der Waals surface area (Å²) in [6.07, 6.45) is -5.63. The normalized spacial score (nSPS) is 15.9. The first kappa shape index (κ1) is 19.5. The van der Waals surface area contributed by atoms with Crippen LogP contribution < -0.4 is 19.5 Å². The Kier molecular flexibility index (Phi) is 5.17. The zero-order valence-electron chi connectivity index (χ0n) is 14.9. The number of carbonyl (C=O) groups excluding carboxylic acids is 2. The van der Waals surface area contributed by atoms with Gasteiger partial charge >= 0.3 is 12.1 Å². The average Bonchev–Trinajstić information content (AvgIpc) is 2.61. The molecule has 1 heterocycles. The van der Waals surface area contributed by atoms with Gasteiger partial charge in [-0.25, -0.2) is 0 Å². The van der Waals surface area contributed by atoms with Crippen LogP contribution in [0.4, 0.5) is 18.9 Å². The number of alkyl halides is 3. The van der Waals surface area contributed by atoms with Crippen LogP contribution in [-0.2, 0) is 22.2 Å². The molecule has 0 aromatic heterocycles. The third-order valence-corrected chi connectivity index (χ3v) is 4.04. The van der Waals surface area contributed by atoms with Crippen LogP contribution in [-0.4, -0.2) is 25.1 Å². The molecule has 1 atom stereocenters. The number of carbonyl (C=O) groups is 2. The molecule has 3 rings (SSSR count). The second-order valence-electron chi connectivity index (χ2n) is 6.08. The van der Waals surface area contributed by atoms with Gasteiger partial charge in [0.25, 0.3) is 5.91 Å². The lowest BCUT2D eigenvalue weighted by Crippen LogP contribution is -2.38. The highest BCUT2D eigenvalue weighted by molar-refractivity contribution is 5.98. The lowest BCUT2D eigenvalue weighted by Gasteiger charge is -2.27. The molecule has 0 aliphatic carbocycles. The second-order valence-corrected chi connectivity index (χ2v) is 6.08. The molecular formula is C19H16F3NO5. The van der Waals surface area contributed by atoms with Crippen molar-refractivity contribution in [3.8, 4) is 17.2 Å². The van der Waals surface area contributed by atoms with E-state index < -0.39 is 35.5 Å². The minimum atomic E-state index is -4.77. The van der Waals surface area contributed by atoms with Gasteiger partial charge in [-0.1, -0.05) is 12.1 Å². The highest BCUT2D eigenvalue weighted by Crippen LogP contribution is 2.43. The van der Waals surface area contributed by atoms with Crippen LogP contribution in [0.25, 0.3) is 0 Å². The van der Waals surface area contributed by atoms with Gasteiger partial charge < -0.3 is 19.5 Å². The monoisotopic (exact) mass is 395 g/mol. The molecule has 148 valence electrons. The van der Waals surface area contributed by atoms with Crippen molar-refractivity contribution in [1.82, 2.24) is 0 Å². The fourth-order valence-electron chi connectivity index (χ4n) is 2.75. The number of benzene rings is 2. The maximum Gasteiger partial charge on any atom is 0.420 e. The van der Waals surface area contributed by atoms with Gasteiger partial charge in [0.2, 0.25) is 0 Å². The van der Waals surface area contributed by atoms with Crippen molar-refractivity contribution >= 4 is 17.6 Å². The number of anilines is 1. The van der Waals surface area contributed by atoms with E-state index in [0.29, 0.717) is 11.8 Å². The Morgan fingerprint density at radius 3 is 2.46 bits per heavy atom. The Morgan fingerprint density at radius 2 is 1.89 bits per heavy atom. The zero-order chi connectivity index (χ0) is 20.5. The topological polar surface area (TPSA) is 73.9 Å². The van der Waals surface area contributed by atoms with E-state index in [2.05, 4.69) is 10.1 Å². The first-order valence-electron chi connectivity index (χ1n) is 8.21. The first-order chi connectivity index (χ1) is 13.2. The Bertz CT molecular complexity index is 909. The van der Waals surface area contributed by atoms with Crippen molar-refractivity contribution in [3.63, 3.8) is 0 Å². The van der Waals surface area contributed by atoms with E-state index in [4.69, 9.17) is 9.47 Å². The summed E-state index contributed by atoms with van der Waals surface area (Å²) >= 11 is 0. The summed E-state index contributed by atoms with van der Waals surface area (Å²) in [4.78, 5) is 23.4. The molecule has 1 amide bonds. The number of nitrogens with one attached hydrogen (secondary N) is 1. The van der Waals surface area contributed by atoms with Crippen LogP contribution in [0.15, 0.2) is 36.4 Å². The van der Waals surface area contributed by atoms with Gasteiger partial charge in [-0.3, -0.25) is 9.59 Å². The number of amides is 1. The number of hydrogen-bond donors (Lipinski definition) is 1. The molecule has 9 heteroatoms. The van der Waals surface area contributed by atoms with Gasteiger partial charge in [-0.05, 0) is 23.8 Å². The van der Waals surface area contributed by atoms with Crippen LogP contribution in [0.3, 0.4) is 0 Å². The van der Waals surface area contributed by atoms with E-state index in [-0.39, 0.29) is 17.9 Å². The van der Waals surface area contributed by atoms with Crippen LogP contribution >= 0.6 is 0 Å². The van der Waals surface area contributed by atoms with E-state index >= 15 is 0 Å². The van der Waals surface area contributed by atoms with E-state index in [0.717, 1.165) is 18.6 Å². The fourth-order valence-corrected chi connectivity index (χ4v) is 2.75. The number of ether oxygens (including phenoxy) is 3. The van der Waals surface area contributed by atoms with E-state index in [9.17, 15) is 22.8 Å². The summed E-state index contributed by atoms with van der Waals surface area (Å²) in [7, 11) is 1.52. The van der Waals surface area contributed by atoms with E-state index in [1.165, 1.54) is 7.11 Å². The largest absolute Gasteiger partial charge is 0.497 e. The smallest absolute Gasteiger partial charge is 0.420 e. The molecule has 0 spiro atoms. The second kappa shape index (κ2) is 7.41. The molecule has 1 aliphatic heterocycles. The minimum Gasteiger partial charge on any atom is -0.497 e. The molecule has 2 aromatic rings.